The first kappa shape index (κ1) is 13.5. The lowest BCUT2D eigenvalue weighted by Crippen LogP contribution is -2.33. The molecule has 4 nitrogen and oxygen atoms in total. The number of carbonyl (C=O) groups excluding carboxylic acids is 1. The molecular weight excluding hydrogens is 242 g/mol. The van der Waals surface area contributed by atoms with E-state index in [4.69, 9.17) is 8.83 Å². The summed E-state index contributed by atoms with van der Waals surface area (Å²) >= 11 is 0. The molecule has 1 N–H and O–H groups in total. The molecule has 0 aliphatic rings. The quantitative estimate of drug-likeness (QED) is 0.899. The second-order valence-electron chi connectivity index (χ2n) is 4.86. The third-order valence-electron chi connectivity index (χ3n) is 3.07. The Morgan fingerprint density at radius 2 is 2.11 bits per heavy atom. The number of hydrogen-bond donors (Lipinski definition) is 1. The molecule has 2 rings (SSSR count). The molecule has 102 valence electrons. The minimum atomic E-state index is -0.161. The molecule has 2 aromatic rings. The van der Waals surface area contributed by atoms with E-state index in [1.165, 1.54) is 6.26 Å². The zero-order valence-electron chi connectivity index (χ0n) is 11.5. The first-order valence-electron chi connectivity index (χ1n) is 6.46. The van der Waals surface area contributed by atoms with E-state index in [9.17, 15) is 4.79 Å². The maximum absolute atomic E-state index is 11.9. The molecule has 0 saturated carbocycles. The molecule has 1 atom stereocenters. The Labute approximate surface area is 112 Å². The van der Waals surface area contributed by atoms with Gasteiger partial charge in [-0.1, -0.05) is 0 Å². The van der Waals surface area contributed by atoms with Crippen molar-refractivity contribution in [3.05, 3.63) is 47.3 Å². The molecule has 0 bridgehead atoms. The zero-order valence-corrected chi connectivity index (χ0v) is 11.5. The number of furan rings is 2. The standard InChI is InChI=1S/C15H19NO3/c1-10-8-9-18-14(10)15(17)16-11(2)4-6-13-7-5-12(3)19-13/h5,7-9,11H,4,6H2,1-3H3,(H,16,17)/t11-/m1/s1. The first-order valence-corrected chi connectivity index (χ1v) is 6.46. The van der Waals surface area contributed by atoms with Gasteiger partial charge in [0.2, 0.25) is 0 Å². The Morgan fingerprint density at radius 1 is 1.32 bits per heavy atom. The monoisotopic (exact) mass is 261 g/mol. The Hall–Kier alpha value is -1.97. The summed E-state index contributed by atoms with van der Waals surface area (Å²) in [6.07, 6.45) is 3.17. The van der Waals surface area contributed by atoms with Crippen LogP contribution in [0.15, 0.2) is 33.3 Å². The van der Waals surface area contributed by atoms with Crippen molar-refractivity contribution in [3.8, 4) is 0 Å². The molecule has 0 unspecified atom stereocenters. The van der Waals surface area contributed by atoms with Gasteiger partial charge in [-0.15, -0.1) is 0 Å². The second-order valence-corrected chi connectivity index (χ2v) is 4.86. The summed E-state index contributed by atoms with van der Waals surface area (Å²) in [4.78, 5) is 11.9. The fourth-order valence-electron chi connectivity index (χ4n) is 1.95. The lowest BCUT2D eigenvalue weighted by atomic mass is 10.1. The lowest BCUT2D eigenvalue weighted by Gasteiger charge is -2.12. The van der Waals surface area contributed by atoms with Crippen molar-refractivity contribution in [2.24, 2.45) is 0 Å². The van der Waals surface area contributed by atoms with E-state index in [0.717, 1.165) is 29.9 Å². The van der Waals surface area contributed by atoms with Crippen LogP contribution < -0.4 is 5.32 Å². The van der Waals surface area contributed by atoms with Crippen molar-refractivity contribution in [2.75, 3.05) is 0 Å². The van der Waals surface area contributed by atoms with Crippen LogP contribution in [0.25, 0.3) is 0 Å². The van der Waals surface area contributed by atoms with E-state index < -0.39 is 0 Å². The van der Waals surface area contributed by atoms with Gasteiger partial charge in [0, 0.05) is 18.0 Å². The summed E-state index contributed by atoms with van der Waals surface area (Å²) < 4.78 is 10.7. The fourth-order valence-corrected chi connectivity index (χ4v) is 1.95. The normalized spacial score (nSPS) is 12.4. The summed E-state index contributed by atoms with van der Waals surface area (Å²) in [5.74, 6) is 2.09. The maximum Gasteiger partial charge on any atom is 0.287 e. The summed E-state index contributed by atoms with van der Waals surface area (Å²) in [6, 6.07) is 5.78. The van der Waals surface area contributed by atoms with Gasteiger partial charge in [-0.3, -0.25) is 4.79 Å². The van der Waals surface area contributed by atoms with Crippen LogP contribution in [0.2, 0.25) is 0 Å². The molecule has 0 aliphatic heterocycles. The van der Waals surface area contributed by atoms with Crippen LogP contribution in [0.5, 0.6) is 0 Å². The Kier molecular flexibility index (Phi) is 4.10. The molecule has 0 radical (unpaired) electrons. The van der Waals surface area contributed by atoms with Gasteiger partial charge in [0.1, 0.15) is 11.5 Å². The average molecular weight is 261 g/mol. The van der Waals surface area contributed by atoms with Crippen molar-refractivity contribution in [2.45, 2.75) is 39.7 Å². The number of rotatable bonds is 5. The number of carbonyl (C=O) groups is 1. The van der Waals surface area contributed by atoms with E-state index >= 15 is 0 Å². The minimum absolute atomic E-state index is 0.0717. The Morgan fingerprint density at radius 3 is 2.68 bits per heavy atom. The van der Waals surface area contributed by atoms with E-state index in [2.05, 4.69) is 5.32 Å². The van der Waals surface area contributed by atoms with Crippen molar-refractivity contribution in [1.29, 1.82) is 0 Å². The van der Waals surface area contributed by atoms with Crippen LogP contribution >= 0.6 is 0 Å². The molecular formula is C15H19NO3. The van der Waals surface area contributed by atoms with Crippen LogP contribution in [0.4, 0.5) is 0 Å². The van der Waals surface area contributed by atoms with E-state index in [-0.39, 0.29) is 11.9 Å². The third kappa shape index (κ3) is 3.50. The van der Waals surface area contributed by atoms with Crippen LogP contribution in [-0.4, -0.2) is 11.9 Å². The van der Waals surface area contributed by atoms with Gasteiger partial charge in [-0.25, -0.2) is 0 Å². The van der Waals surface area contributed by atoms with Gasteiger partial charge in [-0.05, 0) is 45.4 Å². The van der Waals surface area contributed by atoms with Crippen molar-refractivity contribution < 1.29 is 13.6 Å². The number of hydrogen-bond acceptors (Lipinski definition) is 3. The van der Waals surface area contributed by atoms with Crippen molar-refractivity contribution >= 4 is 5.91 Å². The fraction of sp³-hybridized carbons (Fsp3) is 0.400. The molecule has 0 aromatic carbocycles. The van der Waals surface area contributed by atoms with Gasteiger partial charge in [-0.2, -0.15) is 0 Å². The number of amides is 1. The molecule has 1 amide bonds. The second kappa shape index (κ2) is 5.78. The first-order chi connectivity index (χ1) is 9.06. The zero-order chi connectivity index (χ0) is 13.8. The molecule has 0 fully saturated rings. The highest BCUT2D eigenvalue weighted by Gasteiger charge is 2.15. The van der Waals surface area contributed by atoms with Crippen LogP contribution in [0.3, 0.4) is 0 Å². The maximum atomic E-state index is 11.9. The summed E-state index contributed by atoms with van der Waals surface area (Å²) in [5.41, 5.74) is 0.853. The third-order valence-corrected chi connectivity index (χ3v) is 3.07. The molecule has 0 aliphatic carbocycles. The summed E-state index contributed by atoms with van der Waals surface area (Å²) in [6.45, 7) is 5.76. The highest BCUT2D eigenvalue weighted by molar-refractivity contribution is 5.92. The van der Waals surface area contributed by atoms with Gasteiger partial charge < -0.3 is 14.2 Å². The highest BCUT2D eigenvalue weighted by Crippen LogP contribution is 2.11. The van der Waals surface area contributed by atoms with Crippen molar-refractivity contribution in [3.63, 3.8) is 0 Å². The number of aryl methyl sites for hydroxylation is 3. The SMILES string of the molecule is Cc1ccc(CC[C@@H](C)NC(=O)c2occc2C)o1. The highest BCUT2D eigenvalue weighted by atomic mass is 16.3. The van der Waals surface area contributed by atoms with E-state index in [0.29, 0.717) is 5.76 Å². The minimum Gasteiger partial charge on any atom is -0.466 e. The van der Waals surface area contributed by atoms with E-state index in [1.807, 2.05) is 32.9 Å². The molecule has 19 heavy (non-hydrogen) atoms. The molecule has 0 spiro atoms. The van der Waals surface area contributed by atoms with Gasteiger partial charge in [0.25, 0.3) is 5.91 Å². The average Bonchev–Trinajstić information content (AvgIpc) is 2.95. The van der Waals surface area contributed by atoms with Gasteiger partial charge in [0.05, 0.1) is 6.26 Å². The van der Waals surface area contributed by atoms with Gasteiger partial charge in [0.15, 0.2) is 5.76 Å². The predicted molar refractivity (Wildman–Crippen MR) is 72.1 cm³/mol. The predicted octanol–water partition coefficient (Wildman–Crippen LogP) is 3.24. The van der Waals surface area contributed by atoms with E-state index in [1.54, 1.807) is 6.07 Å². The van der Waals surface area contributed by atoms with Crippen LogP contribution in [0, 0.1) is 13.8 Å². The topological polar surface area (TPSA) is 55.4 Å². The van der Waals surface area contributed by atoms with Gasteiger partial charge >= 0.3 is 0 Å². The molecule has 0 saturated heterocycles. The van der Waals surface area contributed by atoms with Crippen molar-refractivity contribution in [1.82, 2.24) is 5.32 Å². The summed E-state index contributed by atoms with van der Waals surface area (Å²) in [7, 11) is 0. The largest absolute Gasteiger partial charge is 0.466 e. The Balaban J connectivity index is 1.83. The lowest BCUT2D eigenvalue weighted by molar-refractivity contribution is 0.0909. The van der Waals surface area contributed by atoms with Crippen LogP contribution in [-0.2, 0) is 6.42 Å². The molecule has 4 heteroatoms. The Bertz CT molecular complexity index is 553. The smallest absolute Gasteiger partial charge is 0.287 e. The van der Waals surface area contributed by atoms with Crippen LogP contribution in [0.1, 0.15) is 41.0 Å². The summed E-state index contributed by atoms with van der Waals surface area (Å²) in [5, 5.41) is 2.93. The number of nitrogens with one attached hydrogen (secondary N) is 1. The molecule has 2 heterocycles. The molecule has 2 aromatic heterocycles.